The Morgan fingerprint density at radius 1 is 0.805 bits per heavy atom. The number of nitrogens with zero attached hydrogens (tertiary/aromatic N) is 2. The molecule has 41 heavy (non-hydrogen) atoms. The zero-order valence-corrected chi connectivity index (χ0v) is 23.4. The highest BCUT2D eigenvalue weighted by Gasteiger charge is 2.37. The molecule has 2 amide bonds. The van der Waals surface area contributed by atoms with Crippen molar-refractivity contribution in [1.29, 1.82) is 0 Å². The lowest BCUT2D eigenvalue weighted by Gasteiger charge is -2.31. The number of benzene rings is 3. The molecule has 3 aromatic carbocycles. The number of aromatic nitrogens is 2. The van der Waals surface area contributed by atoms with Crippen molar-refractivity contribution in [2.75, 3.05) is 37.3 Å². The third-order valence-electron chi connectivity index (χ3n) is 6.90. The number of hydrogen-bond acceptors (Lipinski definition) is 7. The Morgan fingerprint density at radius 2 is 1.41 bits per heavy atom. The number of nitrogens with one attached hydrogen (secondary N) is 3. The van der Waals surface area contributed by atoms with Gasteiger partial charge in [0, 0.05) is 22.6 Å². The second-order valence-corrected chi connectivity index (χ2v) is 9.53. The van der Waals surface area contributed by atoms with Gasteiger partial charge in [-0.05, 0) is 68.4 Å². The van der Waals surface area contributed by atoms with E-state index in [1.54, 1.807) is 75.4 Å². The smallest absolute Gasteiger partial charge is 0.261 e. The van der Waals surface area contributed by atoms with Crippen LogP contribution in [0.3, 0.4) is 0 Å². The molecular formula is C31H31N5O5. The maximum atomic E-state index is 13.9. The molecule has 0 aliphatic carbocycles. The van der Waals surface area contributed by atoms with Gasteiger partial charge in [0.15, 0.2) is 0 Å². The predicted octanol–water partition coefficient (Wildman–Crippen LogP) is 5.40. The lowest BCUT2D eigenvalue weighted by Crippen LogP contribution is -2.32. The highest BCUT2D eigenvalue weighted by atomic mass is 16.5. The second-order valence-electron chi connectivity index (χ2n) is 9.53. The summed E-state index contributed by atoms with van der Waals surface area (Å²) in [5, 5.41) is 13.7. The van der Waals surface area contributed by atoms with Gasteiger partial charge >= 0.3 is 0 Å². The quantitative estimate of drug-likeness (QED) is 0.268. The summed E-state index contributed by atoms with van der Waals surface area (Å²) in [6, 6.07) is 19.2. The van der Waals surface area contributed by atoms with E-state index in [9.17, 15) is 9.59 Å². The second kappa shape index (κ2) is 11.5. The summed E-state index contributed by atoms with van der Waals surface area (Å²) in [5.41, 5.74) is 4.26. The Morgan fingerprint density at radius 3 is 2.05 bits per heavy atom. The molecule has 0 radical (unpaired) electrons. The van der Waals surface area contributed by atoms with Crippen molar-refractivity contribution in [3.63, 3.8) is 0 Å². The lowest BCUT2D eigenvalue weighted by atomic mass is 9.93. The molecule has 3 N–H and O–H groups in total. The van der Waals surface area contributed by atoms with Crippen LogP contribution < -0.4 is 30.2 Å². The van der Waals surface area contributed by atoms with E-state index in [2.05, 4.69) is 21.0 Å². The van der Waals surface area contributed by atoms with Crippen molar-refractivity contribution in [2.45, 2.75) is 19.9 Å². The molecular weight excluding hydrogens is 522 g/mol. The first-order valence-electron chi connectivity index (χ1n) is 12.9. The number of rotatable bonds is 8. The molecule has 1 aromatic heterocycles. The van der Waals surface area contributed by atoms with E-state index in [-0.39, 0.29) is 11.8 Å². The zero-order chi connectivity index (χ0) is 29.1. The predicted molar refractivity (Wildman–Crippen MR) is 157 cm³/mol. The Bertz CT molecular complexity index is 1620. The van der Waals surface area contributed by atoms with Gasteiger partial charge in [-0.3, -0.25) is 9.59 Å². The van der Waals surface area contributed by atoms with Crippen LogP contribution in [0.1, 0.15) is 34.5 Å². The van der Waals surface area contributed by atoms with Crippen LogP contribution in [0.25, 0.3) is 0 Å². The number of carbonyl (C=O) groups is 2. The largest absolute Gasteiger partial charge is 0.497 e. The van der Waals surface area contributed by atoms with Crippen LogP contribution >= 0.6 is 0 Å². The Labute approximate surface area is 237 Å². The first-order chi connectivity index (χ1) is 19.8. The third-order valence-corrected chi connectivity index (χ3v) is 6.90. The number of amides is 2. The summed E-state index contributed by atoms with van der Waals surface area (Å²) in [6.45, 7) is 3.77. The van der Waals surface area contributed by atoms with Crippen LogP contribution in [-0.2, 0) is 4.79 Å². The molecule has 210 valence electrons. The molecule has 0 fully saturated rings. The molecule has 10 nitrogen and oxygen atoms in total. The van der Waals surface area contributed by atoms with E-state index in [4.69, 9.17) is 14.2 Å². The molecule has 4 aromatic rings. The Hall–Kier alpha value is -5.25. The average molecular weight is 554 g/mol. The van der Waals surface area contributed by atoms with Crippen LogP contribution in [0.2, 0.25) is 0 Å². The Balaban J connectivity index is 1.58. The summed E-state index contributed by atoms with van der Waals surface area (Å²) >= 11 is 0. The molecule has 0 saturated heterocycles. The van der Waals surface area contributed by atoms with Gasteiger partial charge in [0.05, 0.1) is 33.1 Å². The van der Waals surface area contributed by atoms with Crippen molar-refractivity contribution >= 4 is 29.0 Å². The van der Waals surface area contributed by atoms with Crippen LogP contribution in [0.5, 0.6) is 17.2 Å². The normalized spacial score (nSPS) is 14.0. The first kappa shape index (κ1) is 27.3. The molecule has 0 bridgehead atoms. The number of anilines is 3. The van der Waals surface area contributed by atoms with Gasteiger partial charge in [0.25, 0.3) is 11.8 Å². The van der Waals surface area contributed by atoms with Gasteiger partial charge in [-0.15, -0.1) is 0 Å². The van der Waals surface area contributed by atoms with Crippen LogP contribution in [0.15, 0.2) is 84.2 Å². The minimum absolute atomic E-state index is 0.325. The fraction of sp³-hybridized carbons (Fsp3) is 0.194. The SMILES string of the molecule is COc1ccc(NC(=O)C2=C(C)Nc3c(C(=O)Nc4ccc(C)cc4)cnn3[C@H]2c2cc(OC)ccc2OC)cc1. The maximum Gasteiger partial charge on any atom is 0.261 e. The van der Waals surface area contributed by atoms with Gasteiger partial charge in [0.2, 0.25) is 0 Å². The zero-order valence-electron chi connectivity index (χ0n) is 23.4. The van der Waals surface area contributed by atoms with Gasteiger partial charge in [0.1, 0.15) is 34.7 Å². The minimum atomic E-state index is -0.740. The number of ether oxygens (including phenoxy) is 3. The van der Waals surface area contributed by atoms with Gasteiger partial charge in [-0.1, -0.05) is 17.7 Å². The van der Waals surface area contributed by atoms with Crippen LogP contribution in [-0.4, -0.2) is 42.9 Å². The molecule has 0 saturated carbocycles. The highest BCUT2D eigenvalue weighted by Crippen LogP contribution is 2.42. The first-order valence-corrected chi connectivity index (χ1v) is 12.9. The summed E-state index contributed by atoms with van der Waals surface area (Å²) in [7, 11) is 4.71. The van der Waals surface area contributed by atoms with E-state index < -0.39 is 6.04 Å². The van der Waals surface area contributed by atoms with E-state index in [1.807, 2.05) is 31.2 Å². The van der Waals surface area contributed by atoms with E-state index in [1.165, 1.54) is 6.20 Å². The van der Waals surface area contributed by atoms with Crippen molar-refractivity contribution in [3.05, 3.63) is 101 Å². The average Bonchev–Trinajstić information content (AvgIpc) is 3.41. The number of fused-ring (bicyclic) bond motifs is 1. The fourth-order valence-corrected chi connectivity index (χ4v) is 4.76. The summed E-state index contributed by atoms with van der Waals surface area (Å²) in [5.74, 6) is 1.56. The Kier molecular flexibility index (Phi) is 7.64. The van der Waals surface area contributed by atoms with E-state index >= 15 is 0 Å². The van der Waals surface area contributed by atoms with E-state index in [0.29, 0.717) is 56.8 Å². The molecule has 0 unspecified atom stereocenters. The summed E-state index contributed by atoms with van der Waals surface area (Å²) < 4.78 is 18.0. The molecule has 5 rings (SSSR count). The van der Waals surface area contributed by atoms with Crippen molar-refractivity contribution in [3.8, 4) is 17.2 Å². The highest BCUT2D eigenvalue weighted by molar-refractivity contribution is 6.09. The molecule has 1 aliphatic heterocycles. The summed E-state index contributed by atoms with van der Waals surface area (Å²) in [4.78, 5) is 27.2. The number of methoxy groups -OCH3 is 3. The standard InChI is InChI=1S/C31H31N5O5/c1-18-6-8-20(9-7-18)34-30(37)25-17-32-36-28(24-16-23(40-4)14-15-26(24)41-5)27(19(2)33-29(25)36)31(38)35-21-10-12-22(39-3)13-11-21/h6-17,28,33H,1-5H3,(H,34,37)(H,35,38)/t28-/m0/s1. The van der Waals surface area contributed by atoms with Crippen LogP contribution in [0, 0.1) is 6.92 Å². The minimum Gasteiger partial charge on any atom is -0.497 e. The third kappa shape index (κ3) is 5.44. The van der Waals surface area contributed by atoms with E-state index in [0.717, 1.165) is 5.56 Å². The fourth-order valence-electron chi connectivity index (χ4n) is 4.76. The van der Waals surface area contributed by atoms with Crippen molar-refractivity contribution < 1.29 is 23.8 Å². The molecule has 0 spiro atoms. The number of allylic oxidation sites excluding steroid dienone is 1. The molecule has 1 aliphatic rings. The number of carbonyl (C=O) groups excluding carboxylic acids is 2. The molecule has 1 atom stereocenters. The lowest BCUT2D eigenvalue weighted by molar-refractivity contribution is -0.113. The summed E-state index contributed by atoms with van der Waals surface area (Å²) in [6.07, 6.45) is 1.49. The number of hydrogen-bond donors (Lipinski definition) is 3. The monoisotopic (exact) mass is 553 g/mol. The van der Waals surface area contributed by atoms with Gasteiger partial charge in [-0.2, -0.15) is 5.10 Å². The van der Waals surface area contributed by atoms with Crippen molar-refractivity contribution in [2.24, 2.45) is 0 Å². The topological polar surface area (TPSA) is 116 Å². The van der Waals surface area contributed by atoms with Crippen LogP contribution in [0.4, 0.5) is 17.2 Å². The molecule has 2 heterocycles. The molecule has 10 heteroatoms. The van der Waals surface area contributed by atoms with Gasteiger partial charge < -0.3 is 30.2 Å². The number of aryl methyl sites for hydroxylation is 1. The van der Waals surface area contributed by atoms with Crippen molar-refractivity contribution in [1.82, 2.24) is 9.78 Å². The maximum absolute atomic E-state index is 13.9. The van der Waals surface area contributed by atoms with Gasteiger partial charge in [-0.25, -0.2) is 4.68 Å².